The van der Waals surface area contributed by atoms with Crippen LogP contribution in [0.4, 0.5) is 0 Å². The molecule has 0 aliphatic carbocycles. The van der Waals surface area contributed by atoms with Crippen molar-refractivity contribution in [3.05, 3.63) is 29.8 Å². The molecule has 3 rings (SSSR count). The predicted octanol–water partition coefficient (Wildman–Crippen LogP) is 1.46. The van der Waals surface area contributed by atoms with Crippen molar-refractivity contribution in [3.63, 3.8) is 0 Å². The van der Waals surface area contributed by atoms with Crippen molar-refractivity contribution in [2.24, 2.45) is 0 Å². The first-order valence-electron chi connectivity index (χ1n) is 8.36. The second-order valence-corrected chi connectivity index (χ2v) is 6.65. The van der Waals surface area contributed by atoms with E-state index in [1.54, 1.807) is 14.2 Å². The largest absolute Gasteiger partial charge is 0.497 e. The molecular formula is C18H26O7. The highest BCUT2D eigenvalue weighted by molar-refractivity contribution is 5.26. The second kappa shape index (κ2) is 7.57. The van der Waals surface area contributed by atoms with Gasteiger partial charge in [0.2, 0.25) is 0 Å². The fourth-order valence-electron chi connectivity index (χ4n) is 3.27. The van der Waals surface area contributed by atoms with Crippen molar-refractivity contribution in [2.45, 2.75) is 56.9 Å². The summed E-state index contributed by atoms with van der Waals surface area (Å²) >= 11 is 0. The fraction of sp³-hybridized carbons (Fsp3) is 0.667. The number of benzene rings is 1. The van der Waals surface area contributed by atoms with Crippen molar-refractivity contribution in [2.75, 3.05) is 20.8 Å². The van der Waals surface area contributed by atoms with Crippen LogP contribution >= 0.6 is 0 Å². The normalized spacial score (nSPS) is 33.9. The average Bonchev–Trinajstić information content (AvgIpc) is 2.94. The molecule has 0 aromatic heterocycles. The lowest BCUT2D eigenvalue weighted by molar-refractivity contribution is -0.286. The molecule has 140 valence electrons. The number of aliphatic hydroxyl groups excluding tert-OH is 1. The molecule has 0 spiro atoms. The summed E-state index contributed by atoms with van der Waals surface area (Å²) in [7, 11) is 3.18. The van der Waals surface area contributed by atoms with Gasteiger partial charge in [0.1, 0.15) is 30.2 Å². The lowest BCUT2D eigenvalue weighted by Gasteiger charge is -2.40. The molecule has 25 heavy (non-hydrogen) atoms. The maximum atomic E-state index is 9.60. The smallest absolute Gasteiger partial charge is 0.186 e. The van der Waals surface area contributed by atoms with E-state index >= 15 is 0 Å². The summed E-state index contributed by atoms with van der Waals surface area (Å²) in [5.41, 5.74) is 0.995. The van der Waals surface area contributed by atoms with Crippen LogP contribution < -0.4 is 4.74 Å². The molecule has 0 amide bonds. The lowest BCUT2D eigenvalue weighted by Crippen LogP contribution is -2.58. The number of fused-ring (bicyclic) bond motifs is 1. The number of hydrogen-bond acceptors (Lipinski definition) is 7. The van der Waals surface area contributed by atoms with Crippen LogP contribution in [0.3, 0.4) is 0 Å². The first-order valence-corrected chi connectivity index (χ1v) is 8.36. The Morgan fingerprint density at radius 3 is 2.36 bits per heavy atom. The van der Waals surface area contributed by atoms with E-state index in [2.05, 4.69) is 0 Å². The molecule has 2 heterocycles. The third kappa shape index (κ3) is 3.97. The molecule has 7 nitrogen and oxygen atoms in total. The van der Waals surface area contributed by atoms with Crippen LogP contribution in [-0.2, 0) is 30.3 Å². The van der Waals surface area contributed by atoms with Crippen molar-refractivity contribution < 1.29 is 33.5 Å². The predicted molar refractivity (Wildman–Crippen MR) is 88.2 cm³/mol. The molecule has 0 radical (unpaired) electrons. The SMILES string of the molecule is COc1ccc(CO[C@H]2[C@H](OC)O[C@H](CO)[C@@H]3OC(C)(C)O[C@@H]32)cc1. The van der Waals surface area contributed by atoms with Gasteiger partial charge in [-0.05, 0) is 31.5 Å². The Labute approximate surface area is 147 Å². The number of methoxy groups -OCH3 is 2. The van der Waals surface area contributed by atoms with Gasteiger partial charge in [0.05, 0.1) is 20.3 Å². The molecule has 7 heteroatoms. The molecule has 2 aliphatic heterocycles. The number of hydrogen-bond donors (Lipinski definition) is 1. The monoisotopic (exact) mass is 354 g/mol. The van der Waals surface area contributed by atoms with Gasteiger partial charge in [0.25, 0.3) is 0 Å². The highest BCUT2D eigenvalue weighted by Crippen LogP contribution is 2.39. The molecule has 1 aromatic rings. The summed E-state index contributed by atoms with van der Waals surface area (Å²) in [4.78, 5) is 0. The summed E-state index contributed by atoms with van der Waals surface area (Å²) in [5.74, 6) is 0.0239. The minimum absolute atomic E-state index is 0.175. The van der Waals surface area contributed by atoms with Gasteiger partial charge < -0.3 is 33.5 Å². The Bertz CT molecular complexity index is 559. The van der Waals surface area contributed by atoms with Gasteiger partial charge in [-0.3, -0.25) is 0 Å². The highest BCUT2D eigenvalue weighted by atomic mass is 16.8. The molecule has 2 fully saturated rings. The summed E-state index contributed by atoms with van der Waals surface area (Å²) in [6.45, 7) is 3.87. The number of ether oxygens (including phenoxy) is 6. The Balaban J connectivity index is 1.72. The van der Waals surface area contributed by atoms with E-state index in [-0.39, 0.29) is 12.7 Å². The van der Waals surface area contributed by atoms with E-state index in [1.807, 2.05) is 38.1 Å². The standard InChI is InChI=1S/C18H26O7/c1-18(2)24-14-13(9-19)23-17(21-4)16(15(14)25-18)22-10-11-5-7-12(20-3)8-6-11/h5-8,13-17,19H,9-10H2,1-4H3/t13-,14+,15+,16-,17-/m1/s1. The zero-order valence-electron chi connectivity index (χ0n) is 15.0. The third-order valence-corrected chi connectivity index (χ3v) is 4.44. The van der Waals surface area contributed by atoms with Gasteiger partial charge in [-0.25, -0.2) is 0 Å². The number of rotatable bonds is 6. The van der Waals surface area contributed by atoms with Gasteiger partial charge in [0, 0.05) is 7.11 Å². The molecule has 0 saturated carbocycles. The van der Waals surface area contributed by atoms with E-state index in [1.165, 1.54) is 0 Å². The minimum atomic E-state index is -0.767. The van der Waals surface area contributed by atoms with E-state index in [9.17, 15) is 5.11 Å². The molecule has 2 saturated heterocycles. The Kier molecular flexibility index (Phi) is 5.62. The summed E-state index contributed by atoms with van der Waals surface area (Å²) in [6, 6.07) is 7.64. The van der Waals surface area contributed by atoms with E-state index in [0.717, 1.165) is 11.3 Å². The van der Waals surface area contributed by atoms with Crippen molar-refractivity contribution in [1.82, 2.24) is 0 Å². The summed E-state index contributed by atoms with van der Waals surface area (Å²) in [6.07, 6.45) is -2.43. The molecular weight excluding hydrogens is 328 g/mol. The van der Waals surface area contributed by atoms with Gasteiger partial charge in [-0.2, -0.15) is 0 Å². The quantitative estimate of drug-likeness (QED) is 0.829. The molecule has 2 aliphatic rings. The third-order valence-electron chi connectivity index (χ3n) is 4.44. The molecule has 1 aromatic carbocycles. The Morgan fingerprint density at radius 2 is 1.76 bits per heavy atom. The molecule has 0 bridgehead atoms. The van der Waals surface area contributed by atoms with Crippen LogP contribution in [0.25, 0.3) is 0 Å². The van der Waals surface area contributed by atoms with Crippen LogP contribution in [0.15, 0.2) is 24.3 Å². The lowest BCUT2D eigenvalue weighted by atomic mass is 9.99. The first-order chi connectivity index (χ1) is 12.0. The minimum Gasteiger partial charge on any atom is -0.497 e. The molecule has 1 N–H and O–H groups in total. The maximum absolute atomic E-state index is 9.60. The zero-order valence-corrected chi connectivity index (χ0v) is 15.0. The van der Waals surface area contributed by atoms with Crippen LogP contribution in [0, 0.1) is 0 Å². The van der Waals surface area contributed by atoms with Gasteiger partial charge in [-0.15, -0.1) is 0 Å². The van der Waals surface area contributed by atoms with Crippen molar-refractivity contribution in [1.29, 1.82) is 0 Å². The average molecular weight is 354 g/mol. The van der Waals surface area contributed by atoms with E-state index in [0.29, 0.717) is 6.61 Å². The zero-order chi connectivity index (χ0) is 18.0. The number of aliphatic hydroxyl groups is 1. The van der Waals surface area contributed by atoms with Gasteiger partial charge >= 0.3 is 0 Å². The summed E-state index contributed by atoms with van der Waals surface area (Å²) < 4.78 is 34.4. The molecule has 0 unspecified atom stereocenters. The van der Waals surface area contributed by atoms with E-state index < -0.39 is 30.4 Å². The van der Waals surface area contributed by atoms with E-state index in [4.69, 9.17) is 28.4 Å². The topological polar surface area (TPSA) is 75.6 Å². The summed E-state index contributed by atoms with van der Waals surface area (Å²) in [5, 5.41) is 9.60. The van der Waals surface area contributed by atoms with Crippen LogP contribution in [0.5, 0.6) is 5.75 Å². The highest BCUT2D eigenvalue weighted by Gasteiger charge is 2.55. The Hall–Kier alpha value is -1.22. The maximum Gasteiger partial charge on any atom is 0.186 e. The second-order valence-electron chi connectivity index (χ2n) is 6.65. The van der Waals surface area contributed by atoms with Gasteiger partial charge in [-0.1, -0.05) is 12.1 Å². The van der Waals surface area contributed by atoms with Gasteiger partial charge in [0.15, 0.2) is 12.1 Å². The van der Waals surface area contributed by atoms with Crippen LogP contribution in [-0.4, -0.2) is 62.4 Å². The van der Waals surface area contributed by atoms with Crippen molar-refractivity contribution in [3.8, 4) is 5.75 Å². The van der Waals surface area contributed by atoms with Crippen LogP contribution in [0.2, 0.25) is 0 Å². The first kappa shape index (κ1) is 18.6. The molecule has 5 atom stereocenters. The Morgan fingerprint density at radius 1 is 1.08 bits per heavy atom. The van der Waals surface area contributed by atoms with Crippen LogP contribution in [0.1, 0.15) is 19.4 Å². The fourth-order valence-corrected chi connectivity index (χ4v) is 3.27. The van der Waals surface area contributed by atoms with Crippen molar-refractivity contribution >= 4 is 0 Å².